The number of amides is 2. The van der Waals surface area contributed by atoms with Crippen molar-refractivity contribution >= 4 is 29.0 Å². The van der Waals surface area contributed by atoms with E-state index in [1.807, 2.05) is 16.2 Å². The van der Waals surface area contributed by atoms with E-state index in [9.17, 15) is 22.8 Å². The van der Waals surface area contributed by atoms with Crippen molar-refractivity contribution in [3.63, 3.8) is 0 Å². The molecule has 5 rings (SSSR count). The number of nitrogens with one attached hydrogen (secondary N) is 1. The number of piperidine rings is 1. The molecule has 1 atom stereocenters. The summed E-state index contributed by atoms with van der Waals surface area (Å²) in [5.41, 5.74) is 7.50. The van der Waals surface area contributed by atoms with Crippen LogP contribution in [0.15, 0.2) is 55.0 Å². The highest BCUT2D eigenvalue weighted by Crippen LogP contribution is 2.34. The standard InChI is InChI=1S/C28H28F3N7O2/c1-2-4-22(39)37-13-3-5-19(16-37)26-36-23(24-25(32)34-12-14-38(24)26)17-6-8-18(9-7-17)27(40)35-21-15-20(10-11-33-21)28(29,30)31/h6-12,14-15,19H,2-5,13,16H2,1H3,(H2,32,34)(H,33,35,40). The van der Waals surface area contributed by atoms with Crippen molar-refractivity contribution in [2.24, 2.45) is 0 Å². The van der Waals surface area contributed by atoms with Crippen LogP contribution in [0.3, 0.4) is 0 Å². The fourth-order valence-corrected chi connectivity index (χ4v) is 5.01. The van der Waals surface area contributed by atoms with E-state index in [0.29, 0.717) is 35.6 Å². The molecule has 208 valence electrons. The Kier molecular flexibility index (Phi) is 7.42. The Labute approximate surface area is 228 Å². The minimum atomic E-state index is -4.55. The molecule has 9 nitrogen and oxygen atoms in total. The number of rotatable bonds is 6. The number of hydrogen-bond donors (Lipinski definition) is 2. The number of fused-ring (bicyclic) bond motifs is 1. The Hall–Kier alpha value is -4.48. The van der Waals surface area contributed by atoms with Gasteiger partial charge in [0.15, 0.2) is 0 Å². The molecule has 0 bridgehead atoms. The predicted molar refractivity (Wildman–Crippen MR) is 143 cm³/mol. The maximum atomic E-state index is 13.0. The van der Waals surface area contributed by atoms with E-state index < -0.39 is 17.6 Å². The lowest BCUT2D eigenvalue weighted by atomic mass is 9.97. The number of anilines is 2. The maximum Gasteiger partial charge on any atom is 0.416 e. The second-order valence-electron chi connectivity index (χ2n) is 9.74. The first kappa shape index (κ1) is 27.1. The topological polar surface area (TPSA) is 119 Å². The molecule has 1 aromatic carbocycles. The normalized spacial score (nSPS) is 15.8. The molecule has 0 radical (unpaired) electrons. The number of carbonyl (C=O) groups is 2. The van der Waals surface area contributed by atoms with Gasteiger partial charge in [-0.3, -0.25) is 14.0 Å². The summed E-state index contributed by atoms with van der Waals surface area (Å²) in [6.45, 7) is 3.29. The van der Waals surface area contributed by atoms with Crippen LogP contribution in [0.2, 0.25) is 0 Å². The molecule has 3 aromatic heterocycles. The molecule has 0 saturated carbocycles. The van der Waals surface area contributed by atoms with Gasteiger partial charge in [0.1, 0.15) is 28.7 Å². The lowest BCUT2D eigenvalue weighted by Crippen LogP contribution is -2.39. The van der Waals surface area contributed by atoms with Crippen LogP contribution in [0, 0.1) is 0 Å². The number of halogens is 3. The summed E-state index contributed by atoms with van der Waals surface area (Å²) in [6, 6.07) is 8.13. The second kappa shape index (κ2) is 10.9. The van der Waals surface area contributed by atoms with E-state index >= 15 is 0 Å². The van der Waals surface area contributed by atoms with Gasteiger partial charge in [-0.2, -0.15) is 13.2 Å². The average molecular weight is 552 g/mol. The van der Waals surface area contributed by atoms with Crippen LogP contribution in [0.4, 0.5) is 24.8 Å². The van der Waals surface area contributed by atoms with Gasteiger partial charge in [0.25, 0.3) is 5.91 Å². The summed E-state index contributed by atoms with van der Waals surface area (Å²) < 4.78 is 40.9. The zero-order chi connectivity index (χ0) is 28.4. The molecule has 1 unspecified atom stereocenters. The Bertz CT molecular complexity index is 1550. The van der Waals surface area contributed by atoms with Crippen LogP contribution >= 0.6 is 0 Å². The molecule has 3 N–H and O–H groups in total. The number of likely N-dealkylation sites (tertiary alicyclic amines) is 1. The number of aromatic nitrogens is 4. The Morgan fingerprint density at radius 2 is 1.90 bits per heavy atom. The summed E-state index contributed by atoms with van der Waals surface area (Å²) in [6.07, 6.45) is 2.91. The zero-order valence-corrected chi connectivity index (χ0v) is 21.8. The lowest BCUT2D eigenvalue weighted by Gasteiger charge is -2.32. The van der Waals surface area contributed by atoms with Gasteiger partial charge in [0.2, 0.25) is 5.91 Å². The third-order valence-electron chi connectivity index (χ3n) is 6.96. The molecule has 1 aliphatic rings. The molecule has 0 spiro atoms. The predicted octanol–water partition coefficient (Wildman–Crippen LogP) is 5.15. The first-order valence-electron chi connectivity index (χ1n) is 13.0. The highest BCUT2D eigenvalue weighted by atomic mass is 19.4. The summed E-state index contributed by atoms with van der Waals surface area (Å²) >= 11 is 0. The number of nitrogens with zero attached hydrogens (tertiary/aromatic N) is 5. The molecule has 2 amide bonds. The van der Waals surface area contributed by atoms with Gasteiger partial charge < -0.3 is 16.0 Å². The molecule has 1 aliphatic heterocycles. The summed E-state index contributed by atoms with van der Waals surface area (Å²) in [5.74, 6) is 0.431. The van der Waals surface area contributed by atoms with Crippen molar-refractivity contribution in [1.29, 1.82) is 0 Å². The number of nitrogen functional groups attached to an aromatic ring is 1. The summed E-state index contributed by atoms with van der Waals surface area (Å²) in [5, 5.41) is 2.41. The molecular formula is C28H28F3N7O2. The molecule has 1 fully saturated rings. The van der Waals surface area contributed by atoms with E-state index in [-0.39, 0.29) is 23.2 Å². The van der Waals surface area contributed by atoms with Gasteiger partial charge in [0.05, 0.1) is 5.56 Å². The first-order valence-corrected chi connectivity index (χ1v) is 13.0. The van der Waals surface area contributed by atoms with Gasteiger partial charge >= 0.3 is 6.18 Å². The number of carbonyl (C=O) groups excluding carboxylic acids is 2. The Balaban J connectivity index is 1.42. The number of alkyl halides is 3. The average Bonchev–Trinajstić information content (AvgIpc) is 3.34. The van der Waals surface area contributed by atoms with Crippen LogP contribution in [-0.4, -0.2) is 49.2 Å². The van der Waals surface area contributed by atoms with Gasteiger partial charge in [-0.1, -0.05) is 19.1 Å². The molecule has 0 aliphatic carbocycles. The monoisotopic (exact) mass is 551 g/mol. The van der Waals surface area contributed by atoms with Gasteiger partial charge in [-0.15, -0.1) is 0 Å². The number of pyridine rings is 1. The largest absolute Gasteiger partial charge is 0.416 e. The molecule has 4 heterocycles. The first-order chi connectivity index (χ1) is 19.2. The third kappa shape index (κ3) is 5.47. The van der Waals surface area contributed by atoms with Crippen LogP contribution in [0.1, 0.15) is 60.3 Å². The van der Waals surface area contributed by atoms with Gasteiger partial charge in [-0.25, -0.2) is 15.0 Å². The van der Waals surface area contributed by atoms with Crippen molar-refractivity contribution in [2.45, 2.75) is 44.7 Å². The SMILES string of the molecule is CCCC(=O)N1CCCC(c2nc(-c3ccc(C(=O)Nc4cc(C(F)(F)F)ccn4)cc3)c3c(N)nccn23)C1. The second-order valence-corrected chi connectivity index (χ2v) is 9.74. The molecule has 4 aromatic rings. The number of benzene rings is 1. The van der Waals surface area contributed by atoms with Crippen molar-refractivity contribution in [2.75, 3.05) is 24.1 Å². The molecule has 1 saturated heterocycles. The van der Waals surface area contributed by atoms with Crippen LogP contribution in [0.25, 0.3) is 16.8 Å². The van der Waals surface area contributed by atoms with E-state index in [1.165, 1.54) is 0 Å². The zero-order valence-electron chi connectivity index (χ0n) is 21.8. The lowest BCUT2D eigenvalue weighted by molar-refractivity contribution is -0.137. The number of imidazole rings is 1. The fourth-order valence-electron chi connectivity index (χ4n) is 5.01. The minimum absolute atomic E-state index is 0.0163. The van der Waals surface area contributed by atoms with Crippen molar-refractivity contribution in [3.05, 3.63) is 71.9 Å². The minimum Gasteiger partial charge on any atom is -0.382 e. The van der Waals surface area contributed by atoms with Crippen LogP contribution in [0.5, 0.6) is 0 Å². The van der Waals surface area contributed by atoms with Gasteiger partial charge in [-0.05, 0) is 43.5 Å². The van der Waals surface area contributed by atoms with Crippen molar-refractivity contribution < 1.29 is 22.8 Å². The fraction of sp³-hybridized carbons (Fsp3) is 0.321. The number of nitrogens with two attached hydrogens (primary N) is 1. The van der Waals surface area contributed by atoms with Crippen LogP contribution in [-0.2, 0) is 11.0 Å². The van der Waals surface area contributed by atoms with Crippen molar-refractivity contribution in [1.82, 2.24) is 24.3 Å². The quantitative estimate of drug-likeness (QED) is 0.342. The molecular weight excluding hydrogens is 523 g/mol. The summed E-state index contributed by atoms with van der Waals surface area (Å²) in [4.78, 5) is 40.2. The molecule has 40 heavy (non-hydrogen) atoms. The molecule has 12 heteroatoms. The number of hydrogen-bond acceptors (Lipinski definition) is 6. The Morgan fingerprint density at radius 1 is 1.12 bits per heavy atom. The third-order valence-corrected chi connectivity index (χ3v) is 6.96. The smallest absolute Gasteiger partial charge is 0.382 e. The van der Waals surface area contributed by atoms with Gasteiger partial charge in [0, 0.05) is 55.1 Å². The van der Waals surface area contributed by atoms with E-state index in [2.05, 4.69) is 15.3 Å². The maximum absolute atomic E-state index is 13.0. The van der Waals surface area contributed by atoms with E-state index in [4.69, 9.17) is 10.7 Å². The van der Waals surface area contributed by atoms with E-state index in [1.54, 1.807) is 36.7 Å². The highest BCUT2D eigenvalue weighted by molar-refractivity contribution is 6.04. The highest BCUT2D eigenvalue weighted by Gasteiger charge is 2.31. The van der Waals surface area contributed by atoms with Crippen molar-refractivity contribution in [3.8, 4) is 11.3 Å². The van der Waals surface area contributed by atoms with E-state index in [0.717, 1.165) is 50.0 Å². The van der Waals surface area contributed by atoms with Crippen LogP contribution < -0.4 is 11.1 Å². The Morgan fingerprint density at radius 3 is 2.62 bits per heavy atom. The summed E-state index contributed by atoms with van der Waals surface area (Å²) in [7, 11) is 0.